The minimum absolute atomic E-state index is 0.0275. The Labute approximate surface area is 89.3 Å². The Hall–Kier alpha value is -1.43. The van der Waals surface area contributed by atoms with Crippen LogP contribution in [0.15, 0.2) is 18.2 Å². The minimum atomic E-state index is -3.26. The number of methoxy groups -OCH3 is 1. The molecule has 5 nitrogen and oxygen atoms in total. The number of anilines is 2. The van der Waals surface area contributed by atoms with Crippen LogP contribution in [-0.4, -0.2) is 21.3 Å². The van der Waals surface area contributed by atoms with Crippen molar-refractivity contribution < 1.29 is 13.2 Å². The largest absolute Gasteiger partial charge is 0.495 e. The van der Waals surface area contributed by atoms with Crippen LogP contribution in [0.5, 0.6) is 5.75 Å². The molecule has 1 aromatic rings. The summed E-state index contributed by atoms with van der Waals surface area (Å²) in [6, 6.07) is 4.72. The minimum Gasteiger partial charge on any atom is -0.495 e. The molecule has 0 aliphatic rings. The third-order valence-electron chi connectivity index (χ3n) is 1.89. The molecule has 0 aliphatic carbocycles. The molecule has 0 aromatic heterocycles. The van der Waals surface area contributed by atoms with Gasteiger partial charge in [0.25, 0.3) is 0 Å². The summed E-state index contributed by atoms with van der Waals surface area (Å²) in [4.78, 5) is 0. The van der Waals surface area contributed by atoms with Crippen LogP contribution in [0.2, 0.25) is 0 Å². The highest BCUT2D eigenvalue weighted by atomic mass is 32.2. The number of nitrogens with two attached hydrogens (primary N) is 1. The van der Waals surface area contributed by atoms with Gasteiger partial charge in [0, 0.05) is 6.07 Å². The maximum absolute atomic E-state index is 11.3. The van der Waals surface area contributed by atoms with Crippen LogP contribution in [-0.2, 0) is 10.0 Å². The third kappa shape index (κ3) is 3.02. The van der Waals surface area contributed by atoms with Crippen LogP contribution in [0, 0.1) is 0 Å². The van der Waals surface area contributed by atoms with E-state index in [4.69, 9.17) is 10.5 Å². The van der Waals surface area contributed by atoms with Gasteiger partial charge in [0.2, 0.25) is 10.0 Å². The van der Waals surface area contributed by atoms with E-state index in [0.29, 0.717) is 17.1 Å². The summed E-state index contributed by atoms with van der Waals surface area (Å²) in [5.74, 6) is 0.478. The lowest BCUT2D eigenvalue weighted by molar-refractivity contribution is 0.417. The van der Waals surface area contributed by atoms with E-state index in [1.165, 1.54) is 7.11 Å². The van der Waals surface area contributed by atoms with Gasteiger partial charge in [-0.2, -0.15) is 0 Å². The Bertz CT molecular complexity index is 443. The molecule has 0 amide bonds. The average molecular weight is 230 g/mol. The van der Waals surface area contributed by atoms with Gasteiger partial charge < -0.3 is 10.5 Å². The van der Waals surface area contributed by atoms with Crippen molar-refractivity contribution in [3.8, 4) is 5.75 Å². The monoisotopic (exact) mass is 230 g/mol. The number of hydrogen-bond donors (Lipinski definition) is 2. The van der Waals surface area contributed by atoms with Crippen molar-refractivity contribution in [2.45, 2.75) is 6.92 Å². The van der Waals surface area contributed by atoms with Gasteiger partial charge in [-0.1, -0.05) is 0 Å². The van der Waals surface area contributed by atoms with Crippen LogP contribution >= 0.6 is 0 Å². The van der Waals surface area contributed by atoms with E-state index < -0.39 is 10.0 Å². The maximum Gasteiger partial charge on any atom is 0.232 e. The summed E-state index contributed by atoms with van der Waals surface area (Å²) in [6.45, 7) is 1.57. The number of ether oxygens (including phenoxy) is 1. The first-order chi connectivity index (χ1) is 6.98. The normalized spacial score (nSPS) is 11.1. The van der Waals surface area contributed by atoms with E-state index in [9.17, 15) is 8.42 Å². The van der Waals surface area contributed by atoms with E-state index in [0.717, 1.165) is 0 Å². The highest BCUT2D eigenvalue weighted by Crippen LogP contribution is 2.25. The standard InChI is InChI=1S/C9H14N2O3S/c1-3-15(12,13)11-7-4-5-8(10)9(6-7)14-2/h4-6,11H,3,10H2,1-2H3. The van der Waals surface area contributed by atoms with Crippen molar-refractivity contribution in [3.63, 3.8) is 0 Å². The van der Waals surface area contributed by atoms with Gasteiger partial charge in [-0.15, -0.1) is 0 Å². The summed E-state index contributed by atoms with van der Waals surface area (Å²) in [5, 5.41) is 0. The first-order valence-electron chi connectivity index (χ1n) is 4.42. The molecule has 0 heterocycles. The van der Waals surface area contributed by atoms with Crippen LogP contribution in [0.1, 0.15) is 6.92 Å². The number of rotatable bonds is 4. The Morgan fingerprint density at radius 3 is 2.67 bits per heavy atom. The maximum atomic E-state index is 11.3. The molecule has 84 valence electrons. The lowest BCUT2D eigenvalue weighted by Gasteiger charge is -2.09. The SMILES string of the molecule is CCS(=O)(=O)Nc1ccc(N)c(OC)c1. The van der Waals surface area contributed by atoms with E-state index in [2.05, 4.69) is 4.72 Å². The second-order valence-corrected chi connectivity index (χ2v) is 4.97. The Balaban J connectivity index is 2.98. The van der Waals surface area contributed by atoms with Crippen molar-refractivity contribution in [2.75, 3.05) is 23.3 Å². The van der Waals surface area contributed by atoms with Crippen molar-refractivity contribution in [3.05, 3.63) is 18.2 Å². The molecular weight excluding hydrogens is 216 g/mol. The molecule has 6 heteroatoms. The van der Waals surface area contributed by atoms with Gasteiger partial charge >= 0.3 is 0 Å². The zero-order chi connectivity index (χ0) is 11.5. The zero-order valence-electron chi connectivity index (χ0n) is 8.65. The van der Waals surface area contributed by atoms with Crippen molar-refractivity contribution >= 4 is 21.4 Å². The molecule has 3 N–H and O–H groups in total. The highest BCUT2D eigenvalue weighted by molar-refractivity contribution is 7.92. The van der Waals surface area contributed by atoms with E-state index in [1.807, 2.05) is 0 Å². The first-order valence-corrected chi connectivity index (χ1v) is 6.07. The molecular formula is C9H14N2O3S. The smallest absolute Gasteiger partial charge is 0.232 e. The number of benzene rings is 1. The molecule has 15 heavy (non-hydrogen) atoms. The molecule has 0 atom stereocenters. The quantitative estimate of drug-likeness (QED) is 0.757. The number of nitrogens with one attached hydrogen (secondary N) is 1. The van der Waals surface area contributed by atoms with Crippen molar-refractivity contribution in [1.29, 1.82) is 0 Å². The fourth-order valence-electron chi connectivity index (χ4n) is 1.03. The molecule has 1 rings (SSSR count). The third-order valence-corrected chi connectivity index (χ3v) is 3.19. The van der Waals surface area contributed by atoms with Crippen LogP contribution in [0.25, 0.3) is 0 Å². The lowest BCUT2D eigenvalue weighted by atomic mass is 10.3. The summed E-state index contributed by atoms with van der Waals surface area (Å²) >= 11 is 0. The molecule has 0 bridgehead atoms. The molecule has 0 aliphatic heterocycles. The topological polar surface area (TPSA) is 81.4 Å². The number of sulfonamides is 1. The summed E-state index contributed by atoms with van der Waals surface area (Å²) in [6.07, 6.45) is 0. The molecule has 0 saturated heterocycles. The molecule has 0 radical (unpaired) electrons. The molecule has 0 saturated carbocycles. The molecule has 0 unspecified atom stereocenters. The van der Waals surface area contributed by atoms with Gasteiger partial charge in [-0.25, -0.2) is 8.42 Å². The van der Waals surface area contributed by atoms with Gasteiger partial charge in [-0.3, -0.25) is 4.72 Å². The highest BCUT2D eigenvalue weighted by Gasteiger charge is 2.08. The van der Waals surface area contributed by atoms with E-state index >= 15 is 0 Å². The van der Waals surface area contributed by atoms with Crippen LogP contribution < -0.4 is 15.2 Å². The fourth-order valence-corrected chi connectivity index (χ4v) is 1.66. The molecule has 1 aromatic carbocycles. The summed E-state index contributed by atoms with van der Waals surface area (Å²) in [7, 11) is -1.78. The predicted molar refractivity (Wildman–Crippen MR) is 60.5 cm³/mol. The number of nitrogen functional groups attached to an aromatic ring is 1. The average Bonchev–Trinajstić information content (AvgIpc) is 2.20. The molecule has 0 fully saturated rings. The molecule has 0 spiro atoms. The second-order valence-electron chi connectivity index (χ2n) is 2.96. The summed E-state index contributed by atoms with van der Waals surface area (Å²) < 4.78 is 29.9. The van der Waals surface area contributed by atoms with Crippen LogP contribution in [0.3, 0.4) is 0 Å². The van der Waals surface area contributed by atoms with Gasteiger partial charge in [0.15, 0.2) is 0 Å². The predicted octanol–water partition coefficient (Wildman–Crippen LogP) is 1.04. The first kappa shape index (κ1) is 11.6. The van der Waals surface area contributed by atoms with E-state index in [-0.39, 0.29) is 5.75 Å². The Morgan fingerprint density at radius 1 is 1.47 bits per heavy atom. The second kappa shape index (κ2) is 4.39. The van der Waals surface area contributed by atoms with Gasteiger partial charge in [0.05, 0.1) is 24.2 Å². The number of hydrogen-bond acceptors (Lipinski definition) is 4. The Kier molecular flexibility index (Phi) is 3.41. The van der Waals surface area contributed by atoms with Crippen molar-refractivity contribution in [1.82, 2.24) is 0 Å². The fraction of sp³-hybridized carbons (Fsp3) is 0.333. The zero-order valence-corrected chi connectivity index (χ0v) is 9.47. The van der Waals surface area contributed by atoms with E-state index in [1.54, 1.807) is 25.1 Å². The van der Waals surface area contributed by atoms with Crippen molar-refractivity contribution in [2.24, 2.45) is 0 Å². The lowest BCUT2D eigenvalue weighted by Crippen LogP contribution is -2.14. The van der Waals surface area contributed by atoms with Gasteiger partial charge in [0.1, 0.15) is 5.75 Å². The summed E-state index contributed by atoms with van der Waals surface area (Å²) in [5.41, 5.74) is 6.51. The van der Waals surface area contributed by atoms with Crippen LogP contribution in [0.4, 0.5) is 11.4 Å². The van der Waals surface area contributed by atoms with Gasteiger partial charge in [-0.05, 0) is 19.1 Å². The Morgan fingerprint density at radius 2 is 2.13 bits per heavy atom.